The molecule has 3 rings (SSSR count). The van der Waals surface area contributed by atoms with Crippen molar-refractivity contribution < 1.29 is 0 Å². The molecule has 0 fully saturated rings. The average Bonchev–Trinajstić information content (AvgIpc) is 3.04. The Kier molecular flexibility index (Phi) is 4.97. The fourth-order valence-corrected chi connectivity index (χ4v) is 2.83. The number of benzene rings is 1. The van der Waals surface area contributed by atoms with Gasteiger partial charge in [-0.2, -0.15) is 10.1 Å². The van der Waals surface area contributed by atoms with E-state index in [1.54, 1.807) is 10.9 Å². The number of rotatable bonds is 6. The minimum Gasteiger partial charge on any atom is -0.375 e. The molecule has 1 aromatic carbocycles. The van der Waals surface area contributed by atoms with E-state index in [1.807, 2.05) is 39.0 Å². The highest BCUT2D eigenvalue weighted by atomic mass is 16.1. The van der Waals surface area contributed by atoms with Crippen LogP contribution in [0.3, 0.4) is 0 Å². The zero-order valence-corrected chi connectivity index (χ0v) is 15.8. The van der Waals surface area contributed by atoms with Crippen LogP contribution < -0.4 is 15.8 Å². The Bertz CT molecular complexity index is 923. The molecule has 0 aliphatic carbocycles. The maximum atomic E-state index is 12.3. The molecular weight excluding hydrogens is 328 g/mol. The molecule has 0 unspecified atom stereocenters. The predicted octanol–water partition coefficient (Wildman–Crippen LogP) is 2.81. The lowest BCUT2D eigenvalue weighted by Gasteiger charge is -2.20. The van der Waals surface area contributed by atoms with Crippen LogP contribution in [0.2, 0.25) is 0 Å². The van der Waals surface area contributed by atoms with Gasteiger partial charge in [0.1, 0.15) is 5.39 Å². The number of aromatic nitrogens is 4. The lowest BCUT2D eigenvalue weighted by Crippen LogP contribution is -2.24. The quantitative estimate of drug-likeness (QED) is 0.666. The number of H-pyrrole nitrogens is 1. The van der Waals surface area contributed by atoms with Crippen LogP contribution in [0, 0.1) is 0 Å². The molecule has 7 nitrogen and oxygen atoms in total. The van der Waals surface area contributed by atoms with Crippen molar-refractivity contribution in [1.29, 1.82) is 0 Å². The zero-order chi connectivity index (χ0) is 18.7. The molecule has 3 aromatic rings. The highest BCUT2D eigenvalue weighted by molar-refractivity contribution is 5.74. The van der Waals surface area contributed by atoms with Gasteiger partial charge in [0.15, 0.2) is 5.65 Å². The monoisotopic (exact) mass is 354 g/mol. The SMILES string of the molecule is CN(CCCNc1nc2c(cnn2C(C)(C)C)c(=O)[nH]1)c1ccccc1. The minimum atomic E-state index is -0.238. The van der Waals surface area contributed by atoms with Gasteiger partial charge in [-0.3, -0.25) is 9.78 Å². The van der Waals surface area contributed by atoms with E-state index < -0.39 is 0 Å². The van der Waals surface area contributed by atoms with E-state index in [-0.39, 0.29) is 11.1 Å². The zero-order valence-electron chi connectivity index (χ0n) is 15.8. The lowest BCUT2D eigenvalue weighted by molar-refractivity contribution is 0.366. The minimum absolute atomic E-state index is 0.172. The van der Waals surface area contributed by atoms with Crippen molar-refractivity contribution in [3.63, 3.8) is 0 Å². The number of hydrogen-bond donors (Lipinski definition) is 2. The molecule has 0 amide bonds. The van der Waals surface area contributed by atoms with Crippen molar-refractivity contribution in [2.45, 2.75) is 32.7 Å². The van der Waals surface area contributed by atoms with Gasteiger partial charge in [-0.15, -0.1) is 0 Å². The van der Waals surface area contributed by atoms with Gasteiger partial charge in [0.25, 0.3) is 5.56 Å². The summed E-state index contributed by atoms with van der Waals surface area (Å²) in [5, 5.41) is 8.05. The van der Waals surface area contributed by atoms with E-state index in [1.165, 1.54) is 5.69 Å². The highest BCUT2D eigenvalue weighted by Gasteiger charge is 2.19. The van der Waals surface area contributed by atoms with Crippen molar-refractivity contribution in [3.05, 3.63) is 46.9 Å². The maximum Gasteiger partial charge on any atom is 0.263 e. The normalized spacial score (nSPS) is 11.7. The van der Waals surface area contributed by atoms with Gasteiger partial charge in [-0.1, -0.05) is 18.2 Å². The summed E-state index contributed by atoms with van der Waals surface area (Å²) in [4.78, 5) is 21.8. The van der Waals surface area contributed by atoms with Crippen molar-refractivity contribution in [3.8, 4) is 0 Å². The molecule has 26 heavy (non-hydrogen) atoms. The van der Waals surface area contributed by atoms with Crippen molar-refractivity contribution >= 4 is 22.7 Å². The van der Waals surface area contributed by atoms with E-state index in [9.17, 15) is 4.79 Å². The summed E-state index contributed by atoms with van der Waals surface area (Å²) < 4.78 is 1.78. The third-order valence-electron chi connectivity index (χ3n) is 4.23. The Morgan fingerprint density at radius 3 is 2.65 bits per heavy atom. The number of nitrogens with one attached hydrogen (secondary N) is 2. The number of para-hydroxylation sites is 1. The van der Waals surface area contributed by atoms with Gasteiger partial charge in [0.05, 0.1) is 11.7 Å². The standard InChI is InChI=1S/C19H26N6O/c1-19(2,3)25-16-15(13-21-25)17(26)23-18(22-16)20-11-8-12-24(4)14-9-6-5-7-10-14/h5-7,9-10,13H,8,11-12H2,1-4H3,(H2,20,22,23,26). The predicted molar refractivity (Wildman–Crippen MR) is 106 cm³/mol. The van der Waals surface area contributed by atoms with Gasteiger partial charge in [0.2, 0.25) is 5.95 Å². The third-order valence-corrected chi connectivity index (χ3v) is 4.23. The van der Waals surface area contributed by atoms with Crippen molar-refractivity contribution in [1.82, 2.24) is 19.7 Å². The first-order valence-corrected chi connectivity index (χ1v) is 8.85. The molecule has 0 atom stereocenters. The maximum absolute atomic E-state index is 12.3. The summed E-state index contributed by atoms with van der Waals surface area (Å²) in [6, 6.07) is 10.3. The van der Waals surface area contributed by atoms with Crippen LogP contribution in [0.5, 0.6) is 0 Å². The van der Waals surface area contributed by atoms with Gasteiger partial charge < -0.3 is 10.2 Å². The number of fused-ring (bicyclic) bond motifs is 1. The van der Waals surface area contributed by atoms with E-state index in [4.69, 9.17) is 0 Å². The molecule has 0 aliphatic rings. The molecule has 2 N–H and O–H groups in total. The second-order valence-electron chi connectivity index (χ2n) is 7.42. The Hall–Kier alpha value is -2.83. The molecule has 2 aromatic heterocycles. The third kappa shape index (κ3) is 3.87. The fourth-order valence-electron chi connectivity index (χ4n) is 2.83. The lowest BCUT2D eigenvalue weighted by atomic mass is 10.1. The Balaban J connectivity index is 1.65. The Morgan fingerprint density at radius 1 is 1.23 bits per heavy atom. The molecule has 0 radical (unpaired) electrons. The van der Waals surface area contributed by atoms with Crippen LogP contribution in [0.25, 0.3) is 11.0 Å². The summed E-state index contributed by atoms with van der Waals surface area (Å²) in [5.74, 6) is 0.482. The Morgan fingerprint density at radius 2 is 1.96 bits per heavy atom. The van der Waals surface area contributed by atoms with Crippen LogP contribution in [-0.2, 0) is 5.54 Å². The molecule has 0 aliphatic heterocycles. The van der Waals surface area contributed by atoms with Crippen LogP contribution in [0.1, 0.15) is 27.2 Å². The number of aromatic amines is 1. The van der Waals surface area contributed by atoms with Gasteiger partial charge in [-0.25, -0.2) is 4.68 Å². The molecule has 0 saturated carbocycles. The second kappa shape index (κ2) is 7.19. The number of hydrogen-bond acceptors (Lipinski definition) is 5. The molecular formula is C19H26N6O. The molecule has 138 valence electrons. The fraction of sp³-hybridized carbons (Fsp3) is 0.421. The highest BCUT2D eigenvalue weighted by Crippen LogP contribution is 2.18. The first-order valence-electron chi connectivity index (χ1n) is 8.85. The smallest absolute Gasteiger partial charge is 0.263 e. The topological polar surface area (TPSA) is 78.8 Å². The first-order chi connectivity index (χ1) is 12.4. The molecule has 2 heterocycles. The van der Waals surface area contributed by atoms with Gasteiger partial charge >= 0.3 is 0 Å². The van der Waals surface area contributed by atoms with Crippen LogP contribution in [-0.4, -0.2) is 39.9 Å². The largest absolute Gasteiger partial charge is 0.375 e. The molecule has 0 bridgehead atoms. The van der Waals surface area contributed by atoms with E-state index >= 15 is 0 Å². The number of nitrogens with zero attached hydrogens (tertiary/aromatic N) is 4. The summed E-state index contributed by atoms with van der Waals surface area (Å²) in [6.07, 6.45) is 2.50. The van der Waals surface area contributed by atoms with Gasteiger partial charge in [-0.05, 0) is 39.3 Å². The average molecular weight is 354 g/mol. The Labute approximate surface area is 153 Å². The summed E-state index contributed by atoms with van der Waals surface area (Å²) in [7, 11) is 2.07. The first kappa shape index (κ1) is 18.0. The van der Waals surface area contributed by atoms with E-state index in [0.717, 1.165) is 19.5 Å². The van der Waals surface area contributed by atoms with E-state index in [2.05, 4.69) is 44.5 Å². The summed E-state index contributed by atoms with van der Waals surface area (Å²) >= 11 is 0. The van der Waals surface area contributed by atoms with Crippen LogP contribution in [0.4, 0.5) is 11.6 Å². The molecule has 0 spiro atoms. The van der Waals surface area contributed by atoms with Gasteiger partial charge in [0, 0.05) is 25.8 Å². The number of anilines is 2. The van der Waals surface area contributed by atoms with E-state index in [0.29, 0.717) is 17.0 Å². The summed E-state index contributed by atoms with van der Waals surface area (Å²) in [5.41, 5.74) is 1.38. The summed E-state index contributed by atoms with van der Waals surface area (Å²) in [6.45, 7) is 7.73. The van der Waals surface area contributed by atoms with Crippen LogP contribution >= 0.6 is 0 Å². The van der Waals surface area contributed by atoms with Crippen molar-refractivity contribution in [2.24, 2.45) is 0 Å². The second-order valence-corrected chi connectivity index (χ2v) is 7.42. The van der Waals surface area contributed by atoms with Crippen LogP contribution in [0.15, 0.2) is 41.3 Å². The molecule has 0 saturated heterocycles. The van der Waals surface area contributed by atoms with Crippen molar-refractivity contribution in [2.75, 3.05) is 30.4 Å². The molecule has 7 heteroatoms.